The number of amides is 5. The molecule has 4 unspecified atom stereocenters. The number of hydrogen-bond acceptors (Lipinski definition) is 10. The number of aromatic nitrogens is 2. The minimum absolute atomic E-state index is 0.0298. The molecule has 3 saturated heterocycles. The summed E-state index contributed by atoms with van der Waals surface area (Å²) in [5, 5.41) is 19.5. The third-order valence-corrected chi connectivity index (χ3v) is 17.2. The number of urea groups is 1. The van der Waals surface area contributed by atoms with Crippen molar-refractivity contribution in [3.63, 3.8) is 0 Å². The molecule has 1 aromatic heterocycles. The van der Waals surface area contributed by atoms with Gasteiger partial charge in [-0.25, -0.2) is 22.4 Å². The van der Waals surface area contributed by atoms with Crippen molar-refractivity contribution in [2.24, 2.45) is 24.6 Å². The maximum atomic E-state index is 16.5. The van der Waals surface area contributed by atoms with Gasteiger partial charge in [-0.1, -0.05) is 48.9 Å². The van der Waals surface area contributed by atoms with Gasteiger partial charge in [0.15, 0.2) is 28.8 Å². The lowest BCUT2D eigenvalue weighted by Crippen LogP contribution is -2.49. The van der Waals surface area contributed by atoms with Crippen molar-refractivity contribution in [3.05, 3.63) is 105 Å². The SMILES string of the molecule is CC1CC(c2c(F)cc3c(N4CCC(=O)NC4=O)nn(C)c3c2F)CCN1CC1CCN(C(=O)C2CCC(NCC3(c4ccccc4)Oc4cc(F)c(Cl)c(-c5c(C(N)=O)ccc(OCCO)c5F)c4C3C)CC2)CC1. The topological polar surface area (TPSA) is 185 Å². The Bertz CT molecular complexity index is 3080. The fourth-order valence-corrected chi connectivity index (χ4v) is 13.0. The number of aryl methyl sites for hydroxylation is 1. The molecule has 0 spiro atoms. The monoisotopic (exact) mass is 1070 g/mol. The summed E-state index contributed by atoms with van der Waals surface area (Å²) < 4.78 is 78.3. The molecule has 20 heteroatoms. The first-order valence-electron chi connectivity index (χ1n) is 26.3. The number of piperidine rings is 2. The van der Waals surface area contributed by atoms with E-state index in [-0.39, 0.29) is 106 Å². The van der Waals surface area contributed by atoms with Crippen molar-refractivity contribution < 1.29 is 51.3 Å². The molecule has 5 aliphatic rings. The molecule has 5 amide bonds. The van der Waals surface area contributed by atoms with Crippen LogP contribution in [0.3, 0.4) is 0 Å². The van der Waals surface area contributed by atoms with Gasteiger partial charge in [-0.05, 0) is 100 Å². The summed E-state index contributed by atoms with van der Waals surface area (Å²) in [6.07, 6.45) is 5.77. The number of carbonyl (C=O) groups excluding carboxylic acids is 4. The highest BCUT2D eigenvalue weighted by Gasteiger charge is 2.50. The first-order chi connectivity index (χ1) is 36.5. The van der Waals surface area contributed by atoms with E-state index in [0.29, 0.717) is 56.8 Å². The van der Waals surface area contributed by atoms with Crippen molar-refractivity contribution in [2.75, 3.05) is 57.4 Å². The van der Waals surface area contributed by atoms with E-state index in [1.54, 1.807) is 7.05 Å². The van der Waals surface area contributed by atoms with Crippen LogP contribution in [-0.4, -0.2) is 113 Å². The van der Waals surface area contributed by atoms with E-state index in [0.717, 1.165) is 37.8 Å². The van der Waals surface area contributed by atoms with Crippen LogP contribution < -0.4 is 30.7 Å². The summed E-state index contributed by atoms with van der Waals surface area (Å²) in [7, 11) is 1.56. The second-order valence-corrected chi connectivity index (χ2v) is 21.6. The smallest absolute Gasteiger partial charge is 0.329 e. The number of primary amides is 1. The summed E-state index contributed by atoms with van der Waals surface area (Å²) >= 11 is 6.72. The molecule has 4 fully saturated rings. The van der Waals surface area contributed by atoms with Crippen LogP contribution in [0.5, 0.6) is 11.5 Å². The molecule has 4 aromatic carbocycles. The number of likely N-dealkylation sites (tertiary alicyclic amines) is 2. The van der Waals surface area contributed by atoms with Crippen LogP contribution in [0.1, 0.15) is 111 Å². The number of benzene rings is 4. The van der Waals surface area contributed by atoms with E-state index >= 15 is 17.6 Å². The van der Waals surface area contributed by atoms with Crippen LogP contribution in [0.15, 0.2) is 54.6 Å². The summed E-state index contributed by atoms with van der Waals surface area (Å²) in [5.41, 5.74) is 5.32. The quantitative estimate of drug-likeness (QED) is 0.0788. The average molecular weight is 1070 g/mol. The fraction of sp³-hybridized carbons (Fsp3) is 0.482. The van der Waals surface area contributed by atoms with Gasteiger partial charge < -0.3 is 35.4 Å². The van der Waals surface area contributed by atoms with Crippen LogP contribution in [0.25, 0.3) is 22.0 Å². The lowest BCUT2D eigenvalue weighted by atomic mass is 9.77. The molecule has 1 aliphatic carbocycles. The predicted octanol–water partition coefficient (Wildman–Crippen LogP) is 8.41. The third kappa shape index (κ3) is 9.76. The highest BCUT2D eigenvalue weighted by Crippen LogP contribution is 2.57. The van der Waals surface area contributed by atoms with Crippen molar-refractivity contribution in [1.29, 1.82) is 0 Å². The Kier molecular flexibility index (Phi) is 15.1. The molecule has 4 atom stereocenters. The zero-order valence-electron chi connectivity index (χ0n) is 42.8. The number of halogens is 5. The van der Waals surface area contributed by atoms with E-state index in [2.05, 4.69) is 27.6 Å². The lowest BCUT2D eigenvalue weighted by Gasteiger charge is -2.42. The van der Waals surface area contributed by atoms with E-state index in [9.17, 15) is 24.3 Å². The molecular formula is C56H63ClF4N8O7. The molecule has 15 nitrogen and oxygen atoms in total. The third-order valence-electron chi connectivity index (χ3n) is 16.8. The molecule has 0 bridgehead atoms. The Morgan fingerprint density at radius 3 is 2.34 bits per heavy atom. The van der Waals surface area contributed by atoms with Crippen LogP contribution in [0.4, 0.5) is 28.2 Å². The predicted molar refractivity (Wildman–Crippen MR) is 277 cm³/mol. The Morgan fingerprint density at radius 2 is 1.66 bits per heavy atom. The van der Waals surface area contributed by atoms with E-state index < -0.39 is 64.3 Å². The first-order valence-corrected chi connectivity index (χ1v) is 26.7. The van der Waals surface area contributed by atoms with Crippen molar-refractivity contribution in [1.82, 2.24) is 30.2 Å². The van der Waals surface area contributed by atoms with Gasteiger partial charge in [-0.3, -0.25) is 29.3 Å². The number of aliphatic hydroxyl groups is 1. The normalized spacial score (nSPS) is 24.4. The zero-order chi connectivity index (χ0) is 53.7. The largest absolute Gasteiger partial charge is 0.488 e. The summed E-state index contributed by atoms with van der Waals surface area (Å²) in [4.78, 5) is 56.8. The molecule has 0 radical (unpaired) electrons. The number of ether oxygens (including phenoxy) is 2. The minimum atomic E-state index is -1.13. The number of nitrogens with two attached hydrogens (primary N) is 1. The first kappa shape index (κ1) is 53.1. The number of imide groups is 1. The standard InChI is InChI=1S/C56H63ClF4N8O7/c1-30-25-34(45-39(58)26-38-51(50(45)61)66(3)65-53(38)69-22-18-43(71)64-55(69)74)17-21-68(30)28-32-15-19-67(20-16-32)54(73)33-9-11-36(12-10-33)63-29-56(35-7-5-4-6-8-35)31(2)44-42(76-56)27-40(59)48(57)47(44)46-37(52(62)72)13-14-41(49(46)60)75-24-23-70/h4-8,13-14,26-27,30-34,36,63,70H,9-12,15-25,28-29H2,1-3H3,(H2,62,72)(H,64,71,74). The van der Waals surface area contributed by atoms with Crippen LogP contribution >= 0.6 is 11.6 Å². The fourth-order valence-electron chi connectivity index (χ4n) is 12.7. The number of carbonyl (C=O) groups is 4. The lowest BCUT2D eigenvalue weighted by molar-refractivity contribution is -0.138. The summed E-state index contributed by atoms with van der Waals surface area (Å²) in [6.45, 7) is 6.53. The zero-order valence-corrected chi connectivity index (χ0v) is 43.5. The molecule has 5 aromatic rings. The van der Waals surface area contributed by atoms with Crippen LogP contribution in [0.2, 0.25) is 5.02 Å². The number of fused-ring (bicyclic) bond motifs is 2. The number of nitrogens with zero attached hydrogens (tertiary/aromatic N) is 5. The molecule has 5 heterocycles. The minimum Gasteiger partial charge on any atom is -0.488 e. The van der Waals surface area contributed by atoms with Gasteiger partial charge >= 0.3 is 6.03 Å². The molecule has 1 saturated carbocycles. The van der Waals surface area contributed by atoms with Gasteiger partial charge in [0, 0.05) is 98.4 Å². The number of hydrogen-bond donors (Lipinski definition) is 4. The summed E-state index contributed by atoms with van der Waals surface area (Å²) in [5.74, 6) is -5.12. The summed E-state index contributed by atoms with van der Waals surface area (Å²) in [6, 6.07) is 13.8. The molecule has 10 rings (SSSR count). The van der Waals surface area contributed by atoms with Crippen molar-refractivity contribution in [3.8, 4) is 22.6 Å². The molecule has 4 aliphatic heterocycles. The second kappa shape index (κ2) is 21.6. The van der Waals surface area contributed by atoms with Crippen LogP contribution in [0, 0.1) is 35.1 Å². The number of rotatable bonds is 14. The van der Waals surface area contributed by atoms with Gasteiger partial charge in [0.1, 0.15) is 29.5 Å². The Balaban J connectivity index is 0.747. The van der Waals surface area contributed by atoms with Gasteiger partial charge in [0.25, 0.3) is 0 Å². The Labute approximate surface area is 443 Å². The average Bonchev–Trinajstić information content (AvgIpc) is 3.93. The second-order valence-electron chi connectivity index (χ2n) is 21.2. The van der Waals surface area contributed by atoms with Gasteiger partial charge in [0.2, 0.25) is 17.7 Å². The van der Waals surface area contributed by atoms with Crippen LogP contribution in [-0.2, 0) is 22.2 Å². The number of anilines is 1. The van der Waals surface area contributed by atoms with E-state index in [1.165, 1.54) is 33.8 Å². The molecule has 5 N–H and O–H groups in total. The highest BCUT2D eigenvalue weighted by atomic mass is 35.5. The number of nitrogens with one attached hydrogen (secondary N) is 2. The van der Waals surface area contributed by atoms with E-state index in [1.807, 2.05) is 42.2 Å². The molecular weight excluding hydrogens is 1010 g/mol. The Hall–Kier alpha value is -6.28. The molecule has 76 heavy (non-hydrogen) atoms. The number of aliphatic hydroxyl groups excluding tert-OH is 1. The Morgan fingerprint density at radius 1 is 0.921 bits per heavy atom. The molecule has 404 valence electrons. The van der Waals surface area contributed by atoms with Gasteiger partial charge in [-0.2, -0.15) is 5.10 Å². The highest BCUT2D eigenvalue weighted by molar-refractivity contribution is 6.34. The maximum absolute atomic E-state index is 16.5. The van der Waals surface area contributed by atoms with E-state index in [4.69, 9.17) is 26.8 Å². The maximum Gasteiger partial charge on any atom is 0.329 e. The van der Waals surface area contributed by atoms with Crippen molar-refractivity contribution >= 4 is 52.1 Å². The van der Waals surface area contributed by atoms with Crippen molar-refractivity contribution in [2.45, 2.75) is 101 Å². The van der Waals surface area contributed by atoms with Gasteiger partial charge in [-0.15, -0.1) is 0 Å². The van der Waals surface area contributed by atoms with Gasteiger partial charge in [0.05, 0.1) is 22.6 Å².